The molecule has 2 aromatic carbocycles. The molecule has 26 heavy (non-hydrogen) atoms. The highest BCUT2D eigenvalue weighted by Gasteiger charge is 2.46. The number of carbonyl (C=O) groups excluding carboxylic acids is 1. The molecule has 0 amide bonds. The third-order valence-corrected chi connectivity index (χ3v) is 5.59. The van der Waals surface area contributed by atoms with Crippen LogP contribution in [0.15, 0.2) is 60.8 Å². The van der Waals surface area contributed by atoms with Gasteiger partial charge in [-0.3, -0.25) is 4.79 Å². The van der Waals surface area contributed by atoms with Crippen molar-refractivity contribution in [3.8, 4) is 0 Å². The highest BCUT2D eigenvalue weighted by Crippen LogP contribution is 2.38. The van der Waals surface area contributed by atoms with Crippen LogP contribution in [0.5, 0.6) is 0 Å². The van der Waals surface area contributed by atoms with Crippen molar-refractivity contribution in [1.29, 1.82) is 0 Å². The molecule has 4 rings (SSSR count). The van der Waals surface area contributed by atoms with Gasteiger partial charge in [0.15, 0.2) is 5.78 Å². The molecule has 1 atom stereocenters. The van der Waals surface area contributed by atoms with E-state index in [1.807, 2.05) is 53.5 Å². The summed E-state index contributed by atoms with van der Waals surface area (Å²) in [6.45, 7) is 3.10. The Balaban J connectivity index is 1.71. The normalized spacial score (nSPS) is 20.5. The standard InChI is InChI=1S/C21H23BN2O2/c1-22(26)24-12-10-21(15-24,14-16-5-3-2-4-6-16)20(25)18-7-8-19-17(13-18)9-11-23-19/h2-9,11,13,23,26H,10,12,14-15H2,1H3/t21-/m0/s1. The smallest absolute Gasteiger partial charge is 0.376 e. The lowest BCUT2D eigenvalue weighted by molar-refractivity contribution is 0.0807. The Morgan fingerprint density at radius 1 is 1.23 bits per heavy atom. The van der Waals surface area contributed by atoms with Crippen LogP contribution in [0.2, 0.25) is 6.82 Å². The summed E-state index contributed by atoms with van der Waals surface area (Å²) in [6, 6.07) is 18.0. The lowest BCUT2D eigenvalue weighted by atomic mass is 9.74. The Bertz CT molecular complexity index is 922. The van der Waals surface area contributed by atoms with E-state index in [-0.39, 0.29) is 5.78 Å². The first-order valence-electron chi connectivity index (χ1n) is 9.15. The molecule has 0 aliphatic carbocycles. The average Bonchev–Trinajstić information content (AvgIpc) is 3.29. The van der Waals surface area contributed by atoms with Crippen LogP contribution in [0.3, 0.4) is 0 Å². The number of nitrogens with zero attached hydrogens (tertiary/aromatic N) is 1. The highest BCUT2D eigenvalue weighted by atomic mass is 16.2. The number of fused-ring (bicyclic) bond motifs is 1. The zero-order chi connectivity index (χ0) is 18.1. The summed E-state index contributed by atoms with van der Waals surface area (Å²) in [6.07, 6.45) is 3.35. The molecular formula is C21H23BN2O2. The number of rotatable bonds is 5. The van der Waals surface area contributed by atoms with E-state index in [2.05, 4.69) is 17.1 Å². The Morgan fingerprint density at radius 3 is 2.77 bits per heavy atom. The Morgan fingerprint density at radius 2 is 2.04 bits per heavy atom. The molecule has 1 fully saturated rings. The van der Waals surface area contributed by atoms with Gasteiger partial charge in [0.25, 0.3) is 0 Å². The first kappa shape index (κ1) is 17.1. The Kier molecular flexibility index (Phi) is 4.43. The van der Waals surface area contributed by atoms with Crippen LogP contribution in [-0.4, -0.2) is 40.7 Å². The van der Waals surface area contributed by atoms with E-state index in [0.717, 1.165) is 35.0 Å². The fourth-order valence-electron chi connectivity index (χ4n) is 4.12. The van der Waals surface area contributed by atoms with Crippen LogP contribution in [-0.2, 0) is 6.42 Å². The first-order valence-corrected chi connectivity index (χ1v) is 9.15. The lowest BCUT2D eigenvalue weighted by Crippen LogP contribution is -2.41. The molecule has 4 nitrogen and oxygen atoms in total. The number of benzene rings is 2. The van der Waals surface area contributed by atoms with Gasteiger partial charge in [-0.1, -0.05) is 30.3 Å². The largest absolute Gasteiger partial charge is 0.437 e. The Labute approximate surface area is 154 Å². The number of carbonyl (C=O) groups is 1. The number of hydrogen-bond acceptors (Lipinski definition) is 3. The molecule has 0 saturated carbocycles. The molecule has 1 aromatic heterocycles. The summed E-state index contributed by atoms with van der Waals surface area (Å²) < 4.78 is 0. The van der Waals surface area contributed by atoms with Gasteiger partial charge >= 0.3 is 7.05 Å². The van der Waals surface area contributed by atoms with Crippen LogP contribution in [0.25, 0.3) is 10.9 Å². The minimum absolute atomic E-state index is 0.174. The van der Waals surface area contributed by atoms with Crippen LogP contribution in [0, 0.1) is 5.41 Å². The third kappa shape index (κ3) is 3.09. The zero-order valence-corrected chi connectivity index (χ0v) is 15.0. The number of aromatic nitrogens is 1. The van der Waals surface area contributed by atoms with Gasteiger partial charge in [0.1, 0.15) is 0 Å². The number of aromatic amines is 1. The van der Waals surface area contributed by atoms with Crippen molar-refractivity contribution in [2.45, 2.75) is 19.7 Å². The van der Waals surface area contributed by atoms with Crippen LogP contribution in [0.1, 0.15) is 22.3 Å². The summed E-state index contributed by atoms with van der Waals surface area (Å²) in [5, 5.41) is 11.1. The number of nitrogens with one attached hydrogen (secondary N) is 1. The maximum absolute atomic E-state index is 13.6. The molecule has 1 aliphatic rings. The van der Waals surface area contributed by atoms with Gasteiger partial charge in [0, 0.05) is 29.2 Å². The highest BCUT2D eigenvalue weighted by molar-refractivity contribution is 6.45. The minimum atomic E-state index is -0.535. The van der Waals surface area contributed by atoms with Gasteiger partial charge in [0.05, 0.1) is 5.41 Å². The molecule has 2 heterocycles. The summed E-state index contributed by atoms with van der Waals surface area (Å²) in [7, 11) is -0.535. The first-order chi connectivity index (χ1) is 12.6. The van der Waals surface area contributed by atoms with Crippen molar-refractivity contribution >= 4 is 23.7 Å². The average molecular weight is 346 g/mol. The molecule has 2 N–H and O–H groups in total. The molecule has 1 aliphatic heterocycles. The molecular weight excluding hydrogens is 323 g/mol. The summed E-state index contributed by atoms with van der Waals surface area (Å²) in [5.74, 6) is 0.174. The van der Waals surface area contributed by atoms with Gasteiger partial charge in [0.2, 0.25) is 0 Å². The van der Waals surface area contributed by atoms with Crippen LogP contribution >= 0.6 is 0 Å². The molecule has 5 heteroatoms. The van der Waals surface area contributed by atoms with E-state index in [9.17, 15) is 9.82 Å². The lowest BCUT2D eigenvalue weighted by Gasteiger charge is -2.29. The molecule has 0 unspecified atom stereocenters. The van der Waals surface area contributed by atoms with E-state index in [1.54, 1.807) is 6.82 Å². The monoisotopic (exact) mass is 346 g/mol. The molecule has 1 saturated heterocycles. The van der Waals surface area contributed by atoms with Crippen molar-refractivity contribution in [2.75, 3.05) is 13.1 Å². The minimum Gasteiger partial charge on any atom is -0.437 e. The van der Waals surface area contributed by atoms with E-state index < -0.39 is 12.5 Å². The summed E-state index contributed by atoms with van der Waals surface area (Å²) >= 11 is 0. The fraction of sp³-hybridized carbons (Fsp3) is 0.286. The van der Waals surface area contributed by atoms with E-state index in [4.69, 9.17) is 0 Å². The second kappa shape index (κ2) is 6.74. The van der Waals surface area contributed by atoms with Crippen molar-refractivity contribution < 1.29 is 9.82 Å². The van der Waals surface area contributed by atoms with Gasteiger partial charge in [-0.15, -0.1) is 0 Å². The van der Waals surface area contributed by atoms with Crippen molar-refractivity contribution in [3.63, 3.8) is 0 Å². The zero-order valence-electron chi connectivity index (χ0n) is 15.0. The number of Topliss-reactive ketones (excluding diaryl/α,β-unsaturated/α-hetero) is 1. The van der Waals surface area contributed by atoms with Crippen molar-refractivity contribution in [3.05, 3.63) is 71.9 Å². The topological polar surface area (TPSA) is 56.3 Å². The SMILES string of the molecule is CB(O)N1CC[C@@](Cc2ccccc2)(C(=O)c2ccc3[nH]ccc3c2)C1. The fourth-order valence-corrected chi connectivity index (χ4v) is 4.12. The molecule has 3 aromatic rings. The second-order valence-corrected chi connectivity index (χ2v) is 7.40. The Hall–Kier alpha value is -2.37. The maximum Gasteiger partial charge on any atom is 0.376 e. The van der Waals surface area contributed by atoms with Crippen molar-refractivity contribution in [1.82, 2.24) is 9.79 Å². The number of hydrogen-bond donors (Lipinski definition) is 2. The number of ketones is 1. The third-order valence-electron chi connectivity index (χ3n) is 5.59. The molecule has 0 spiro atoms. The van der Waals surface area contributed by atoms with E-state index in [0.29, 0.717) is 13.0 Å². The summed E-state index contributed by atoms with van der Waals surface area (Å²) in [5.41, 5.74) is 2.45. The van der Waals surface area contributed by atoms with Gasteiger partial charge in [-0.2, -0.15) is 0 Å². The predicted octanol–water partition coefficient (Wildman–Crippen LogP) is 3.40. The second-order valence-electron chi connectivity index (χ2n) is 7.40. The van der Waals surface area contributed by atoms with Crippen molar-refractivity contribution in [2.24, 2.45) is 5.41 Å². The van der Waals surface area contributed by atoms with Crippen LogP contribution < -0.4 is 0 Å². The molecule has 0 radical (unpaired) electrons. The van der Waals surface area contributed by atoms with Crippen LogP contribution in [0.4, 0.5) is 0 Å². The van der Waals surface area contributed by atoms with E-state index >= 15 is 0 Å². The maximum atomic E-state index is 13.6. The number of H-pyrrole nitrogens is 1. The predicted molar refractivity (Wildman–Crippen MR) is 105 cm³/mol. The molecule has 132 valence electrons. The summed E-state index contributed by atoms with van der Waals surface area (Å²) in [4.78, 5) is 18.8. The molecule has 0 bridgehead atoms. The van der Waals surface area contributed by atoms with Gasteiger partial charge in [-0.25, -0.2) is 0 Å². The quantitative estimate of drug-likeness (QED) is 0.550. The van der Waals surface area contributed by atoms with Gasteiger partial charge < -0.3 is 14.8 Å². The van der Waals surface area contributed by atoms with E-state index in [1.165, 1.54) is 0 Å². The van der Waals surface area contributed by atoms with Gasteiger partial charge in [-0.05, 0) is 56.0 Å².